The fourth-order valence-electron chi connectivity index (χ4n) is 11.9. The first kappa shape index (κ1) is 29.8. The lowest BCUT2D eigenvalue weighted by Gasteiger charge is -2.61. The molecule has 4 fully saturated rings. The van der Waals surface area contributed by atoms with Crippen molar-refractivity contribution in [2.24, 2.45) is 23.7 Å². The Bertz CT molecular complexity index is 2060. The van der Waals surface area contributed by atoms with E-state index in [1.807, 2.05) is 0 Å². The second kappa shape index (κ2) is 10.5. The number of anilines is 3. The highest BCUT2D eigenvalue weighted by Gasteiger charge is 2.62. The van der Waals surface area contributed by atoms with E-state index in [2.05, 4.69) is 148 Å². The van der Waals surface area contributed by atoms with Crippen LogP contribution in [0.2, 0.25) is 0 Å². The normalized spacial score (nSPS) is 27.8. The minimum absolute atomic E-state index is 0.119. The summed E-state index contributed by atoms with van der Waals surface area (Å²) in [6.07, 6.45) is 9.51. The van der Waals surface area contributed by atoms with Gasteiger partial charge < -0.3 is 4.90 Å². The van der Waals surface area contributed by atoms with Crippen LogP contribution in [0.5, 0.6) is 0 Å². The Kier molecular flexibility index (Phi) is 6.36. The summed E-state index contributed by atoms with van der Waals surface area (Å²) in [7, 11) is 0. The first-order chi connectivity index (χ1) is 23.7. The molecular weight excluding hydrogens is 591 g/mol. The van der Waals surface area contributed by atoms with Gasteiger partial charge in [0.1, 0.15) is 0 Å². The largest absolute Gasteiger partial charge is 0.310 e. The summed E-state index contributed by atoms with van der Waals surface area (Å²) in [5.74, 6) is 3.32. The molecule has 4 saturated carbocycles. The number of fused-ring (bicyclic) bond motifs is 4. The monoisotopic (exact) mass is 639 g/mol. The molecule has 4 bridgehead atoms. The second-order valence-electron chi connectivity index (χ2n) is 17.7. The predicted molar refractivity (Wildman–Crippen MR) is 205 cm³/mol. The van der Waals surface area contributed by atoms with Crippen molar-refractivity contribution in [3.05, 3.63) is 138 Å². The number of benzene rings is 5. The zero-order valence-corrected chi connectivity index (χ0v) is 29.7. The lowest BCUT2D eigenvalue weighted by molar-refractivity contribution is -0.0399. The molecule has 246 valence electrons. The molecule has 0 amide bonds. The van der Waals surface area contributed by atoms with Gasteiger partial charge in [0.2, 0.25) is 0 Å². The molecule has 5 aromatic rings. The van der Waals surface area contributed by atoms with Crippen molar-refractivity contribution >= 4 is 17.1 Å². The van der Waals surface area contributed by atoms with Gasteiger partial charge in [-0.1, -0.05) is 107 Å². The Morgan fingerprint density at radius 3 is 1.82 bits per heavy atom. The number of hydrogen-bond donors (Lipinski definition) is 0. The Hall–Kier alpha value is -4.10. The highest BCUT2D eigenvalue weighted by Crippen LogP contribution is 2.70. The van der Waals surface area contributed by atoms with Gasteiger partial charge in [-0.2, -0.15) is 0 Å². The topological polar surface area (TPSA) is 3.24 Å². The average Bonchev–Trinajstić information content (AvgIpc) is 3.41. The van der Waals surface area contributed by atoms with Gasteiger partial charge >= 0.3 is 0 Å². The Labute approximate surface area is 293 Å². The van der Waals surface area contributed by atoms with Crippen molar-refractivity contribution < 1.29 is 0 Å². The van der Waals surface area contributed by atoms with Gasteiger partial charge in [0.25, 0.3) is 0 Å². The minimum Gasteiger partial charge on any atom is -0.310 e. The van der Waals surface area contributed by atoms with Gasteiger partial charge in [-0.05, 0) is 155 Å². The predicted octanol–water partition coefficient (Wildman–Crippen LogP) is 12.9. The van der Waals surface area contributed by atoms with E-state index in [-0.39, 0.29) is 16.2 Å². The van der Waals surface area contributed by atoms with Crippen molar-refractivity contribution in [1.29, 1.82) is 0 Å². The number of para-hydroxylation sites is 1. The maximum absolute atomic E-state index is 2.60. The second-order valence-corrected chi connectivity index (χ2v) is 17.7. The molecule has 11 rings (SSSR count). The lowest BCUT2D eigenvalue weighted by Crippen LogP contribution is -2.55. The van der Waals surface area contributed by atoms with E-state index in [1.54, 1.807) is 11.1 Å². The zero-order chi connectivity index (χ0) is 33.1. The molecule has 1 spiro atoms. The summed E-state index contributed by atoms with van der Waals surface area (Å²) < 4.78 is 0. The molecule has 0 radical (unpaired) electrons. The molecule has 0 unspecified atom stereocenters. The summed E-state index contributed by atoms with van der Waals surface area (Å²) in [4.78, 5) is 2.60. The van der Waals surface area contributed by atoms with E-state index >= 15 is 0 Å². The van der Waals surface area contributed by atoms with E-state index in [1.165, 1.54) is 95.4 Å². The van der Waals surface area contributed by atoms with Gasteiger partial charge in [-0.3, -0.25) is 0 Å². The first-order valence-electron chi connectivity index (χ1n) is 19.1. The molecule has 0 heterocycles. The highest BCUT2D eigenvalue weighted by atomic mass is 15.1. The van der Waals surface area contributed by atoms with E-state index < -0.39 is 0 Å². The highest BCUT2D eigenvalue weighted by molar-refractivity contribution is 5.96. The number of rotatable bonds is 4. The third kappa shape index (κ3) is 4.24. The van der Waals surface area contributed by atoms with Gasteiger partial charge in [0.15, 0.2) is 0 Å². The standard InChI is InChI=1S/C48H49N/c1-46(2)22-23-47(3,4)43-30-38(19-21-41(43)46)49(37-14-9-6-10-15-37)44-17-11-16-42-45(44)39-29-34(33-12-7-5-8-13-33)18-20-40(39)48(42)35-25-31-24-32(27-35)28-36(48)26-31/h5-21,29-32,35-36H,22-28H2,1-4H3. The van der Waals surface area contributed by atoms with Crippen LogP contribution < -0.4 is 4.90 Å². The summed E-state index contributed by atoms with van der Waals surface area (Å²) in [6.45, 7) is 9.78. The average molecular weight is 640 g/mol. The molecule has 1 nitrogen and oxygen atoms in total. The van der Waals surface area contributed by atoms with Crippen LogP contribution in [0.4, 0.5) is 17.1 Å². The lowest BCUT2D eigenvalue weighted by atomic mass is 9.43. The van der Waals surface area contributed by atoms with E-state index in [9.17, 15) is 0 Å². The number of nitrogens with zero attached hydrogens (tertiary/aromatic N) is 1. The summed E-state index contributed by atoms with van der Waals surface area (Å²) >= 11 is 0. The third-order valence-electron chi connectivity index (χ3n) is 14.1. The molecule has 0 N–H and O–H groups in total. The minimum atomic E-state index is 0.119. The van der Waals surface area contributed by atoms with Gasteiger partial charge in [-0.25, -0.2) is 0 Å². The summed E-state index contributed by atoms with van der Waals surface area (Å²) in [5, 5.41) is 0. The van der Waals surface area contributed by atoms with Crippen LogP contribution in [0.3, 0.4) is 0 Å². The fourth-order valence-corrected chi connectivity index (χ4v) is 11.9. The Balaban J connectivity index is 1.24. The van der Waals surface area contributed by atoms with Gasteiger partial charge in [-0.15, -0.1) is 0 Å². The molecule has 1 heteroatoms. The quantitative estimate of drug-likeness (QED) is 0.189. The molecule has 0 atom stereocenters. The molecule has 0 aromatic heterocycles. The van der Waals surface area contributed by atoms with Crippen LogP contribution >= 0.6 is 0 Å². The molecule has 5 aromatic carbocycles. The molecule has 6 aliphatic rings. The Morgan fingerprint density at radius 2 is 1.12 bits per heavy atom. The van der Waals surface area contributed by atoms with Crippen LogP contribution in [-0.2, 0) is 16.2 Å². The van der Waals surface area contributed by atoms with Crippen molar-refractivity contribution in [3.8, 4) is 22.3 Å². The van der Waals surface area contributed by atoms with E-state index in [0.717, 1.165) is 23.7 Å². The molecule has 6 aliphatic carbocycles. The van der Waals surface area contributed by atoms with Crippen LogP contribution in [0.25, 0.3) is 22.3 Å². The summed E-state index contributed by atoms with van der Waals surface area (Å²) in [5.41, 5.74) is 16.1. The van der Waals surface area contributed by atoms with Crippen molar-refractivity contribution in [1.82, 2.24) is 0 Å². The van der Waals surface area contributed by atoms with Crippen LogP contribution in [0.15, 0.2) is 115 Å². The molecular formula is C48H49N. The third-order valence-corrected chi connectivity index (χ3v) is 14.1. The molecule has 49 heavy (non-hydrogen) atoms. The van der Waals surface area contributed by atoms with E-state index in [0.29, 0.717) is 0 Å². The van der Waals surface area contributed by atoms with Crippen LogP contribution in [0.1, 0.15) is 94.9 Å². The SMILES string of the molecule is CC1(C)CCC(C)(C)c2cc(N(c3ccccc3)c3cccc4c3-c3cc(-c5ccccc5)ccc3C43C4CC5CC(C4)CC3C5)ccc21. The molecule has 0 aliphatic heterocycles. The number of hydrogen-bond acceptors (Lipinski definition) is 1. The van der Waals surface area contributed by atoms with Gasteiger partial charge in [0.05, 0.1) is 5.69 Å². The maximum atomic E-state index is 2.60. The molecule has 0 saturated heterocycles. The fraction of sp³-hybridized carbons (Fsp3) is 0.375. The van der Waals surface area contributed by atoms with Crippen LogP contribution in [-0.4, -0.2) is 0 Å². The maximum Gasteiger partial charge on any atom is 0.0543 e. The van der Waals surface area contributed by atoms with Crippen molar-refractivity contribution in [2.45, 2.75) is 88.9 Å². The van der Waals surface area contributed by atoms with E-state index in [4.69, 9.17) is 0 Å². The van der Waals surface area contributed by atoms with Gasteiger partial charge in [0, 0.05) is 22.4 Å². The van der Waals surface area contributed by atoms with Crippen LogP contribution in [0, 0.1) is 23.7 Å². The first-order valence-corrected chi connectivity index (χ1v) is 19.1. The van der Waals surface area contributed by atoms with Crippen molar-refractivity contribution in [3.63, 3.8) is 0 Å². The zero-order valence-electron chi connectivity index (χ0n) is 29.7. The van der Waals surface area contributed by atoms with Crippen molar-refractivity contribution in [2.75, 3.05) is 4.90 Å². The Morgan fingerprint density at radius 1 is 0.490 bits per heavy atom. The smallest absolute Gasteiger partial charge is 0.0543 e. The summed E-state index contributed by atoms with van der Waals surface area (Å²) in [6, 6.07) is 44.6.